The molecule has 0 saturated heterocycles. The summed E-state index contributed by atoms with van der Waals surface area (Å²) in [6, 6.07) is 7.19. The lowest BCUT2D eigenvalue weighted by atomic mass is 10.0. The number of carboxylic acids is 1. The molecule has 0 saturated carbocycles. The molecule has 1 aromatic rings. The minimum absolute atomic E-state index is 0.408. The smallest absolute Gasteiger partial charge is 0.335 e. The fourth-order valence-corrected chi connectivity index (χ4v) is 1.95. The van der Waals surface area contributed by atoms with Crippen molar-refractivity contribution in [1.29, 1.82) is 0 Å². The summed E-state index contributed by atoms with van der Waals surface area (Å²) in [6.07, 6.45) is 1.76. The van der Waals surface area contributed by atoms with E-state index in [2.05, 4.69) is 11.9 Å². The summed E-state index contributed by atoms with van der Waals surface area (Å²) in [5.74, 6) is -0.852. The second kappa shape index (κ2) is 8.67. The average molecular weight is 265 g/mol. The van der Waals surface area contributed by atoms with Crippen molar-refractivity contribution >= 4 is 5.97 Å². The largest absolute Gasteiger partial charge is 0.478 e. The van der Waals surface area contributed by atoms with E-state index in [1.54, 1.807) is 12.1 Å². The Morgan fingerprint density at radius 2 is 2.05 bits per heavy atom. The topological polar surface area (TPSA) is 49.8 Å². The summed E-state index contributed by atoms with van der Waals surface area (Å²) in [6.45, 7) is 5.36. The summed E-state index contributed by atoms with van der Waals surface area (Å²) in [5, 5.41) is 9.10. The summed E-state index contributed by atoms with van der Waals surface area (Å²) in [4.78, 5) is 13.3. The first-order valence-corrected chi connectivity index (χ1v) is 6.72. The van der Waals surface area contributed by atoms with Gasteiger partial charge in [0.1, 0.15) is 0 Å². The van der Waals surface area contributed by atoms with Gasteiger partial charge in [0.15, 0.2) is 0 Å². The summed E-state index contributed by atoms with van der Waals surface area (Å²) >= 11 is 0. The quantitative estimate of drug-likeness (QED) is 0.696. The third-order valence-corrected chi connectivity index (χ3v) is 3.04. The SMILES string of the molecule is CCOCCCN(C)CCc1ccccc1C(=O)O. The summed E-state index contributed by atoms with van der Waals surface area (Å²) < 4.78 is 5.29. The number of nitrogens with zero attached hydrogens (tertiary/aromatic N) is 1. The Hall–Kier alpha value is -1.39. The zero-order valence-corrected chi connectivity index (χ0v) is 11.8. The molecular formula is C15H23NO3. The second-order valence-corrected chi connectivity index (χ2v) is 4.57. The minimum atomic E-state index is -0.852. The molecule has 1 aromatic carbocycles. The Balaban J connectivity index is 2.37. The van der Waals surface area contributed by atoms with E-state index in [-0.39, 0.29) is 0 Å². The van der Waals surface area contributed by atoms with Crippen molar-refractivity contribution in [2.75, 3.05) is 33.4 Å². The Morgan fingerprint density at radius 1 is 1.32 bits per heavy atom. The predicted octanol–water partition coefficient (Wildman–Crippen LogP) is 2.29. The molecule has 106 valence electrons. The Labute approximate surface area is 115 Å². The third-order valence-electron chi connectivity index (χ3n) is 3.04. The van der Waals surface area contributed by atoms with Crippen LogP contribution in [0.5, 0.6) is 0 Å². The van der Waals surface area contributed by atoms with E-state index < -0.39 is 5.97 Å². The van der Waals surface area contributed by atoms with E-state index in [0.717, 1.165) is 44.7 Å². The van der Waals surface area contributed by atoms with Crippen LogP contribution in [-0.2, 0) is 11.2 Å². The number of hydrogen-bond acceptors (Lipinski definition) is 3. The highest BCUT2D eigenvalue weighted by Gasteiger charge is 2.09. The van der Waals surface area contributed by atoms with Crippen molar-refractivity contribution in [2.24, 2.45) is 0 Å². The first-order chi connectivity index (χ1) is 9.15. The molecule has 0 aliphatic rings. The van der Waals surface area contributed by atoms with Gasteiger partial charge in [0.25, 0.3) is 0 Å². The van der Waals surface area contributed by atoms with Crippen molar-refractivity contribution in [3.8, 4) is 0 Å². The molecule has 1 N–H and O–H groups in total. The first kappa shape index (κ1) is 15.7. The van der Waals surface area contributed by atoms with Crippen LogP contribution in [0, 0.1) is 0 Å². The Bertz CT molecular complexity index is 393. The van der Waals surface area contributed by atoms with E-state index in [0.29, 0.717) is 5.56 Å². The molecule has 0 aromatic heterocycles. The van der Waals surface area contributed by atoms with Crippen LogP contribution in [0.2, 0.25) is 0 Å². The zero-order chi connectivity index (χ0) is 14.1. The normalized spacial score (nSPS) is 10.9. The minimum Gasteiger partial charge on any atom is -0.478 e. The highest BCUT2D eigenvalue weighted by molar-refractivity contribution is 5.89. The molecule has 0 unspecified atom stereocenters. The number of rotatable bonds is 9. The number of carbonyl (C=O) groups is 1. The van der Waals surface area contributed by atoms with Crippen LogP contribution >= 0.6 is 0 Å². The lowest BCUT2D eigenvalue weighted by Crippen LogP contribution is -2.24. The average Bonchev–Trinajstić information content (AvgIpc) is 2.41. The van der Waals surface area contributed by atoms with Crippen molar-refractivity contribution in [2.45, 2.75) is 19.8 Å². The maximum absolute atomic E-state index is 11.1. The van der Waals surface area contributed by atoms with Gasteiger partial charge in [0, 0.05) is 26.3 Å². The second-order valence-electron chi connectivity index (χ2n) is 4.57. The van der Waals surface area contributed by atoms with Crippen molar-refractivity contribution in [3.63, 3.8) is 0 Å². The molecule has 0 bridgehead atoms. The van der Waals surface area contributed by atoms with E-state index >= 15 is 0 Å². The maximum atomic E-state index is 11.1. The van der Waals surface area contributed by atoms with Gasteiger partial charge in [-0.1, -0.05) is 18.2 Å². The van der Waals surface area contributed by atoms with Crippen LogP contribution in [0.25, 0.3) is 0 Å². The third kappa shape index (κ3) is 5.85. The molecular weight excluding hydrogens is 242 g/mol. The van der Waals surface area contributed by atoms with E-state index in [9.17, 15) is 4.79 Å². The maximum Gasteiger partial charge on any atom is 0.335 e. The first-order valence-electron chi connectivity index (χ1n) is 6.72. The van der Waals surface area contributed by atoms with Crippen molar-refractivity contribution in [3.05, 3.63) is 35.4 Å². The molecule has 1 rings (SSSR count). The number of ether oxygens (including phenoxy) is 1. The molecule has 0 aliphatic heterocycles. The molecule has 0 spiro atoms. The van der Waals surface area contributed by atoms with Crippen LogP contribution in [-0.4, -0.2) is 49.3 Å². The van der Waals surface area contributed by atoms with Crippen LogP contribution in [0.4, 0.5) is 0 Å². The predicted molar refractivity (Wildman–Crippen MR) is 75.7 cm³/mol. The molecule has 0 aliphatic carbocycles. The monoisotopic (exact) mass is 265 g/mol. The molecule has 0 fully saturated rings. The number of benzene rings is 1. The lowest BCUT2D eigenvalue weighted by Gasteiger charge is -2.17. The van der Waals surface area contributed by atoms with Gasteiger partial charge in [0.2, 0.25) is 0 Å². The molecule has 0 heterocycles. The van der Waals surface area contributed by atoms with Gasteiger partial charge in [0.05, 0.1) is 5.56 Å². The number of likely N-dealkylation sites (N-methyl/N-ethyl adjacent to an activating group) is 1. The Kier molecular flexibility index (Phi) is 7.15. The van der Waals surface area contributed by atoms with E-state index in [4.69, 9.17) is 9.84 Å². The van der Waals surface area contributed by atoms with Gasteiger partial charge in [-0.3, -0.25) is 0 Å². The highest BCUT2D eigenvalue weighted by atomic mass is 16.5. The number of carboxylic acid groups (broad SMARTS) is 1. The summed E-state index contributed by atoms with van der Waals surface area (Å²) in [5.41, 5.74) is 1.30. The van der Waals surface area contributed by atoms with Crippen LogP contribution in [0.1, 0.15) is 29.3 Å². The standard InChI is InChI=1S/C15H23NO3/c1-3-19-12-6-10-16(2)11-9-13-7-4-5-8-14(13)15(17)18/h4-5,7-8H,3,6,9-12H2,1-2H3,(H,17,18). The lowest BCUT2D eigenvalue weighted by molar-refractivity contribution is 0.0695. The Morgan fingerprint density at radius 3 is 2.74 bits per heavy atom. The summed E-state index contributed by atoms with van der Waals surface area (Å²) in [7, 11) is 2.05. The highest BCUT2D eigenvalue weighted by Crippen LogP contribution is 2.10. The van der Waals surface area contributed by atoms with Crippen LogP contribution in [0.3, 0.4) is 0 Å². The van der Waals surface area contributed by atoms with Crippen molar-refractivity contribution < 1.29 is 14.6 Å². The van der Waals surface area contributed by atoms with Crippen molar-refractivity contribution in [1.82, 2.24) is 4.90 Å². The molecule has 0 radical (unpaired) electrons. The van der Waals surface area contributed by atoms with Gasteiger partial charge in [-0.05, 0) is 38.4 Å². The van der Waals surface area contributed by atoms with Gasteiger partial charge in [-0.15, -0.1) is 0 Å². The van der Waals surface area contributed by atoms with Gasteiger partial charge in [-0.2, -0.15) is 0 Å². The molecule has 0 amide bonds. The van der Waals surface area contributed by atoms with E-state index in [1.165, 1.54) is 0 Å². The van der Waals surface area contributed by atoms with Crippen LogP contribution in [0.15, 0.2) is 24.3 Å². The molecule has 4 nitrogen and oxygen atoms in total. The van der Waals surface area contributed by atoms with E-state index in [1.807, 2.05) is 19.1 Å². The number of aromatic carboxylic acids is 1. The van der Waals surface area contributed by atoms with Gasteiger partial charge < -0.3 is 14.7 Å². The van der Waals surface area contributed by atoms with Gasteiger partial charge >= 0.3 is 5.97 Å². The number of hydrogen-bond donors (Lipinski definition) is 1. The molecule has 4 heteroatoms. The van der Waals surface area contributed by atoms with Crippen LogP contribution < -0.4 is 0 Å². The van der Waals surface area contributed by atoms with Gasteiger partial charge in [-0.25, -0.2) is 4.79 Å². The fourth-order valence-electron chi connectivity index (χ4n) is 1.95. The molecule has 0 atom stereocenters. The zero-order valence-electron chi connectivity index (χ0n) is 11.8. The molecule has 19 heavy (non-hydrogen) atoms. The fraction of sp³-hybridized carbons (Fsp3) is 0.533.